The maximum Gasteiger partial charge on any atom is 0.269 e. The third kappa shape index (κ3) is 3.41. The zero-order valence-corrected chi connectivity index (χ0v) is 12.5. The van der Waals surface area contributed by atoms with E-state index < -0.39 is 12.4 Å². The van der Waals surface area contributed by atoms with Gasteiger partial charge in [0.15, 0.2) is 6.29 Å². The number of fused-ring (bicyclic) bond motifs is 1. The number of hydrogen-bond donors (Lipinski definition) is 3. The molecule has 0 aliphatic carbocycles. The second-order valence-electron chi connectivity index (χ2n) is 5.55. The molecule has 0 spiro atoms. The summed E-state index contributed by atoms with van der Waals surface area (Å²) in [7, 11) is 0. The predicted molar refractivity (Wildman–Crippen MR) is 81.6 cm³/mol. The van der Waals surface area contributed by atoms with Crippen LogP contribution < -0.4 is 11.3 Å². The van der Waals surface area contributed by atoms with Crippen molar-refractivity contribution in [2.45, 2.75) is 31.6 Å². The summed E-state index contributed by atoms with van der Waals surface area (Å²) in [5.74, 6) is 0. The summed E-state index contributed by atoms with van der Waals surface area (Å²) in [6.45, 7) is 0.436. The fourth-order valence-electron chi connectivity index (χ4n) is 2.52. The van der Waals surface area contributed by atoms with E-state index in [0.717, 1.165) is 0 Å². The van der Waals surface area contributed by atoms with Crippen molar-refractivity contribution in [3.05, 3.63) is 40.3 Å². The molecule has 1 aromatic heterocycles. The van der Waals surface area contributed by atoms with Crippen molar-refractivity contribution in [2.75, 3.05) is 13.2 Å². The minimum absolute atomic E-state index is 0.00730. The summed E-state index contributed by atoms with van der Waals surface area (Å²) in [6.07, 6.45) is -0.652. The molecule has 0 radical (unpaired) electrons. The molecular formula is C15H19N3O5. The zero-order chi connectivity index (χ0) is 16.4. The monoisotopic (exact) mass is 321 g/mol. The van der Waals surface area contributed by atoms with Gasteiger partial charge in [0.25, 0.3) is 5.56 Å². The molecule has 23 heavy (non-hydrogen) atoms. The van der Waals surface area contributed by atoms with Gasteiger partial charge >= 0.3 is 0 Å². The molecule has 0 bridgehead atoms. The summed E-state index contributed by atoms with van der Waals surface area (Å²) in [4.78, 5) is 16.2. The highest BCUT2D eigenvalue weighted by Crippen LogP contribution is 2.15. The maximum absolute atomic E-state index is 12.1. The van der Waals surface area contributed by atoms with Crippen LogP contribution in [0.1, 0.15) is 5.56 Å². The van der Waals surface area contributed by atoms with Crippen molar-refractivity contribution in [1.82, 2.24) is 9.55 Å². The van der Waals surface area contributed by atoms with Gasteiger partial charge in [-0.25, -0.2) is 4.98 Å². The molecule has 124 valence electrons. The first-order valence-corrected chi connectivity index (χ1v) is 7.34. The molecule has 1 unspecified atom stereocenters. The molecular weight excluding hydrogens is 302 g/mol. The topological polar surface area (TPSA) is 120 Å². The van der Waals surface area contributed by atoms with E-state index in [-0.39, 0.29) is 24.8 Å². The molecule has 1 fully saturated rings. The molecule has 8 nitrogen and oxygen atoms in total. The van der Waals surface area contributed by atoms with Crippen LogP contribution in [0.3, 0.4) is 0 Å². The number of nitrogens with two attached hydrogens (primary N) is 1. The Kier molecular flexibility index (Phi) is 4.69. The Labute approximate surface area is 132 Å². The molecule has 4 N–H and O–H groups in total. The van der Waals surface area contributed by atoms with Crippen LogP contribution in [0.4, 0.5) is 0 Å². The Morgan fingerprint density at radius 3 is 2.83 bits per heavy atom. The van der Waals surface area contributed by atoms with Gasteiger partial charge in [-0.1, -0.05) is 6.07 Å². The minimum atomic E-state index is -1.02. The number of aliphatic hydroxyl groups is 2. The molecule has 3 rings (SSSR count). The molecule has 1 aliphatic heterocycles. The number of aliphatic hydroxyl groups excluding tert-OH is 2. The van der Waals surface area contributed by atoms with E-state index in [9.17, 15) is 15.0 Å². The van der Waals surface area contributed by atoms with Crippen LogP contribution in [-0.2, 0) is 22.6 Å². The predicted octanol–water partition coefficient (Wildman–Crippen LogP) is -1.05. The summed E-state index contributed by atoms with van der Waals surface area (Å²) in [5.41, 5.74) is 7.11. The van der Waals surface area contributed by atoms with E-state index in [2.05, 4.69) is 4.98 Å². The smallest absolute Gasteiger partial charge is 0.269 e. The minimum Gasteiger partial charge on any atom is -0.392 e. The van der Waals surface area contributed by atoms with E-state index in [4.69, 9.17) is 15.2 Å². The van der Waals surface area contributed by atoms with Gasteiger partial charge in [-0.3, -0.25) is 4.79 Å². The lowest BCUT2D eigenvalue weighted by molar-refractivity contribution is -0.229. The Bertz CT molecular complexity index is 739. The number of benzene rings is 1. The summed E-state index contributed by atoms with van der Waals surface area (Å²) >= 11 is 0. The second-order valence-corrected chi connectivity index (χ2v) is 5.55. The number of ether oxygens (including phenoxy) is 2. The van der Waals surface area contributed by atoms with Crippen LogP contribution in [0.15, 0.2) is 29.2 Å². The van der Waals surface area contributed by atoms with E-state index in [1.165, 1.54) is 10.8 Å². The first kappa shape index (κ1) is 16.0. The summed E-state index contributed by atoms with van der Waals surface area (Å²) < 4.78 is 12.1. The summed E-state index contributed by atoms with van der Waals surface area (Å²) in [5, 5.41) is 19.6. The standard InChI is InChI=1S/C15H19N3O5/c16-10-7-22-15(23-8-10)13(20)5-18-12-3-9(6-19)1-2-11(12)17-4-14(18)21/h1-4,10,13,15,19-20H,5-8,16H2. The van der Waals surface area contributed by atoms with Crippen molar-refractivity contribution in [3.63, 3.8) is 0 Å². The molecule has 1 aliphatic rings. The third-order valence-corrected chi connectivity index (χ3v) is 3.73. The average Bonchev–Trinajstić information content (AvgIpc) is 2.57. The van der Waals surface area contributed by atoms with Crippen LogP contribution in [-0.4, -0.2) is 51.4 Å². The second kappa shape index (κ2) is 6.73. The van der Waals surface area contributed by atoms with Gasteiger partial charge in [0, 0.05) is 0 Å². The van der Waals surface area contributed by atoms with Crippen LogP contribution >= 0.6 is 0 Å². The van der Waals surface area contributed by atoms with Gasteiger partial charge in [-0.2, -0.15) is 0 Å². The van der Waals surface area contributed by atoms with E-state index in [0.29, 0.717) is 29.8 Å². The van der Waals surface area contributed by atoms with Crippen molar-refractivity contribution >= 4 is 11.0 Å². The Hall–Kier alpha value is -1.84. The molecule has 1 saturated heterocycles. The van der Waals surface area contributed by atoms with E-state index in [1.807, 2.05) is 0 Å². The number of aromatic nitrogens is 2. The van der Waals surface area contributed by atoms with Crippen LogP contribution in [0.25, 0.3) is 11.0 Å². The fraction of sp³-hybridized carbons (Fsp3) is 0.467. The molecule has 0 amide bonds. The van der Waals surface area contributed by atoms with Crippen molar-refractivity contribution < 1.29 is 19.7 Å². The first-order chi connectivity index (χ1) is 11.1. The lowest BCUT2D eigenvalue weighted by Gasteiger charge is -2.30. The van der Waals surface area contributed by atoms with Gasteiger partial charge in [0.2, 0.25) is 0 Å². The number of hydrogen-bond acceptors (Lipinski definition) is 7. The highest BCUT2D eigenvalue weighted by atomic mass is 16.7. The van der Waals surface area contributed by atoms with Gasteiger partial charge in [-0.05, 0) is 17.7 Å². The lowest BCUT2D eigenvalue weighted by Crippen LogP contribution is -2.47. The molecule has 2 heterocycles. The average molecular weight is 321 g/mol. The van der Waals surface area contributed by atoms with E-state index >= 15 is 0 Å². The SMILES string of the molecule is NC1COC(C(O)Cn2c(=O)cnc3ccc(CO)cc32)OC1. The molecule has 8 heteroatoms. The molecule has 0 saturated carbocycles. The van der Waals surface area contributed by atoms with Crippen molar-refractivity contribution in [1.29, 1.82) is 0 Å². The van der Waals surface area contributed by atoms with Gasteiger partial charge in [0.1, 0.15) is 6.10 Å². The molecule has 1 atom stereocenters. The first-order valence-electron chi connectivity index (χ1n) is 7.34. The van der Waals surface area contributed by atoms with Gasteiger partial charge in [0.05, 0.1) is 49.6 Å². The van der Waals surface area contributed by atoms with Crippen LogP contribution in [0.2, 0.25) is 0 Å². The van der Waals surface area contributed by atoms with E-state index in [1.54, 1.807) is 18.2 Å². The molecule has 2 aromatic rings. The van der Waals surface area contributed by atoms with Gasteiger partial charge in [-0.15, -0.1) is 0 Å². The van der Waals surface area contributed by atoms with Crippen molar-refractivity contribution in [3.8, 4) is 0 Å². The van der Waals surface area contributed by atoms with Crippen LogP contribution in [0.5, 0.6) is 0 Å². The lowest BCUT2D eigenvalue weighted by atomic mass is 10.2. The Balaban J connectivity index is 1.89. The highest BCUT2D eigenvalue weighted by Gasteiger charge is 2.27. The Morgan fingerprint density at radius 2 is 2.13 bits per heavy atom. The normalized spacial score (nSPS) is 23.1. The van der Waals surface area contributed by atoms with Gasteiger partial charge < -0.3 is 30.0 Å². The largest absolute Gasteiger partial charge is 0.392 e. The zero-order valence-electron chi connectivity index (χ0n) is 12.5. The molecule has 1 aromatic carbocycles. The number of rotatable bonds is 4. The Morgan fingerprint density at radius 1 is 1.39 bits per heavy atom. The maximum atomic E-state index is 12.1. The number of nitrogens with zero attached hydrogens (tertiary/aromatic N) is 2. The summed E-state index contributed by atoms with van der Waals surface area (Å²) in [6, 6.07) is 4.91. The fourth-order valence-corrected chi connectivity index (χ4v) is 2.52. The van der Waals surface area contributed by atoms with Crippen LogP contribution in [0, 0.1) is 0 Å². The highest BCUT2D eigenvalue weighted by molar-refractivity contribution is 5.75. The quantitative estimate of drug-likeness (QED) is 0.657. The third-order valence-electron chi connectivity index (χ3n) is 3.73. The van der Waals surface area contributed by atoms with Crippen molar-refractivity contribution in [2.24, 2.45) is 5.73 Å².